The molecular formula is C12H24N2O. The van der Waals surface area contributed by atoms with E-state index in [0.29, 0.717) is 6.04 Å². The van der Waals surface area contributed by atoms with Crippen LogP contribution in [0.25, 0.3) is 0 Å². The van der Waals surface area contributed by atoms with Gasteiger partial charge in [-0.2, -0.15) is 0 Å². The van der Waals surface area contributed by atoms with Crippen molar-refractivity contribution in [3.05, 3.63) is 0 Å². The van der Waals surface area contributed by atoms with Crippen LogP contribution in [0.2, 0.25) is 0 Å². The van der Waals surface area contributed by atoms with Gasteiger partial charge in [-0.3, -0.25) is 4.90 Å². The molecule has 1 atom stereocenters. The van der Waals surface area contributed by atoms with Gasteiger partial charge in [-0.05, 0) is 31.2 Å². The van der Waals surface area contributed by atoms with Crippen molar-refractivity contribution < 1.29 is 4.74 Å². The van der Waals surface area contributed by atoms with Gasteiger partial charge >= 0.3 is 0 Å². The van der Waals surface area contributed by atoms with Crippen LogP contribution < -0.4 is 5.73 Å². The molecule has 0 aliphatic carbocycles. The van der Waals surface area contributed by atoms with E-state index in [0.717, 1.165) is 32.2 Å². The Hall–Kier alpha value is -0.120. The number of likely N-dealkylation sites (tertiary alicyclic amines) is 1. The van der Waals surface area contributed by atoms with Gasteiger partial charge in [0.15, 0.2) is 0 Å². The van der Waals surface area contributed by atoms with Crippen LogP contribution in [0.1, 0.15) is 33.1 Å². The zero-order valence-electron chi connectivity index (χ0n) is 10.0. The standard InChI is InChI=1S/C12H24N2O/c1-12(2)9-14(6-3-11(12)13)10-4-7-15-8-5-10/h10-11H,3-9,13H2,1-2H3. The summed E-state index contributed by atoms with van der Waals surface area (Å²) in [5.74, 6) is 0. The quantitative estimate of drug-likeness (QED) is 0.710. The van der Waals surface area contributed by atoms with Gasteiger partial charge in [0, 0.05) is 31.8 Å². The maximum absolute atomic E-state index is 6.15. The molecule has 2 rings (SSSR count). The van der Waals surface area contributed by atoms with Crippen molar-refractivity contribution in [3.63, 3.8) is 0 Å². The lowest BCUT2D eigenvalue weighted by Crippen LogP contribution is -2.55. The third-order valence-corrected chi connectivity index (χ3v) is 4.05. The van der Waals surface area contributed by atoms with E-state index in [-0.39, 0.29) is 5.41 Å². The summed E-state index contributed by atoms with van der Waals surface area (Å²) in [6, 6.07) is 1.11. The zero-order chi connectivity index (χ0) is 10.9. The normalized spacial score (nSPS) is 34.2. The van der Waals surface area contributed by atoms with Crippen LogP contribution >= 0.6 is 0 Å². The van der Waals surface area contributed by atoms with E-state index >= 15 is 0 Å². The molecule has 1 unspecified atom stereocenters. The Balaban J connectivity index is 1.93. The van der Waals surface area contributed by atoms with Crippen molar-refractivity contribution in [2.75, 3.05) is 26.3 Å². The predicted molar refractivity (Wildman–Crippen MR) is 61.8 cm³/mol. The number of nitrogens with zero attached hydrogens (tertiary/aromatic N) is 1. The lowest BCUT2D eigenvalue weighted by atomic mass is 9.79. The summed E-state index contributed by atoms with van der Waals surface area (Å²) >= 11 is 0. The van der Waals surface area contributed by atoms with Gasteiger partial charge in [0.25, 0.3) is 0 Å². The molecule has 0 saturated carbocycles. The lowest BCUT2D eigenvalue weighted by molar-refractivity contribution is -0.00228. The average molecular weight is 212 g/mol. The molecular weight excluding hydrogens is 188 g/mol. The van der Waals surface area contributed by atoms with Crippen molar-refractivity contribution in [2.24, 2.45) is 11.1 Å². The zero-order valence-corrected chi connectivity index (χ0v) is 10.0. The second-order valence-corrected chi connectivity index (χ2v) is 5.70. The Bertz CT molecular complexity index is 212. The molecule has 0 aromatic rings. The van der Waals surface area contributed by atoms with Crippen LogP contribution in [-0.2, 0) is 4.74 Å². The van der Waals surface area contributed by atoms with Gasteiger partial charge in [-0.25, -0.2) is 0 Å². The highest BCUT2D eigenvalue weighted by atomic mass is 16.5. The van der Waals surface area contributed by atoms with E-state index in [2.05, 4.69) is 18.7 Å². The highest BCUT2D eigenvalue weighted by molar-refractivity contribution is 4.92. The predicted octanol–water partition coefficient (Wildman–Crippen LogP) is 1.22. The smallest absolute Gasteiger partial charge is 0.0480 e. The molecule has 2 fully saturated rings. The van der Waals surface area contributed by atoms with Crippen molar-refractivity contribution in [3.8, 4) is 0 Å². The Morgan fingerprint density at radius 2 is 1.87 bits per heavy atom. The fourth-order valence-corrected chi connectivity index (χ4v) is 2.78. The van der Waals surface area contributed by atoms with E-state index in [1.807, 2.05) is 0 Å². The first-order chi connectivity index (χ1) is 7.09. The van der Waals surface area contributed by atoms with E-state index < -0.39 is 0 Å². The summed E-state index contributed by atoms with van der Waals surface area (Å²) in [7, 11) is 0. The maximum atomic E-state index is 6.15. The minimum atomic E-state index is 0.274. The SMILES string of the molecule is CC1(C)CN(C2CCOCC2)CCC1N. The molecule has 3 nitrogen and oxygen atoms in total. The van der Waals surface area contributed by atoms with Gasteiger partial charge in [0.1, 0.15) is 0 Å². The number of ether oxygens (including phenoxy) is 1. The first-order valence-electron chi connectivity index (χ1n) is 6.17. The molecule has 2 heterocycles. The molecule has 2 N–H and O–H groups in total. The molecule has 0 aromatic carbocycles. The number of nitrogens with two attached hydrogens (primary N) is 1. The molecule has 2 saturated heterocycles. The van der Waals surface area contributed by atoms with Crippen molar-refractivity contribution in [1.82, 2.24) is 4.90 Å². The summed E-state index contributed by atoms with van der Waals surface area (Å²) in [6.45, 7) is 8.79. The van der Waals surface area contributed by atoms with Gasteiger partial charge < -0.3 is 10.5 Å². The van der Waals surface area contributed by atoms with Crippen molar-refractivity contribution in [1.29, 1.82) is 0 Å². The highest BCUT2D eigenvalue weighted by Gasteiger charge is 2.36. The Labute approximate surface area is 93.0 Å². The Kier molecular flexibility index (Phi) is 3.33. The highest BCUT2D eigenvalue weighted by Crippen LogP contribution is 2.30. The van der Waals surface area contributed by atoms with Crippen LogP contribution in [0.3, 0.4) is 0 Å². The molecule has 0 amide bonds. The summed E-state index contributed by atoms with van der Waals surface area (Å²) in [5.41, 5.74) is 6.43. The Morgan fingerprint density at radius 1 is 1.20 bits per heavy atom. The lowest BCUT2D eigenvalue weighted by Gasteiger charge is -2.46. The second-order valence-electron chi connectivity index (χ2n) is 5.70. The van der Waals surface area contributed by atoms with E-state index in [9.17, 15) is 0 Å². The summed E-state index contributed by atoms with van der Waals surface area (Å²) in [5, 5.41) is 0. The molecule has 0 bridgehead atoms. The minimum Gasteiger partial charge on any atom is -0.381 e. The van der Waals surface area contributed by atoms with Gasteiger partial charge in [0.05, 0.1) is 0 Å². The third-order valence-electron chi connectivity index (χ3n) is 4.05. The molecule has 2 aliphatic heterocycles. The summed E-state index contributed by atoms with van der Waals surface area (Å²) in [4.78, 5) is 2.63. The number of hydrogen-bond acceptors (Lipinski definition) is 3. The topological polar surface area (TPSA) is 38.5 Å². The van der Waals surface area contributed by atoms with Gasteiger partial charge in [-0.1, -0.05) is 13.8 Å². The summed E-state index contributed by atoms with van der Waals surface area (Å²) in [6.07, 6.45) is 3.54. The van der Waals surface area contributed by atoms with E-state index in [4.69, 9.17) is 10.5 Å². The summed E-state index contributed by atoms with van der Waals surface area (Å²) < 4.78 is 5.41. The van der Waals surface area contributed by atoms with E-state index in [1.165, 1.54) is 19.4 Å². The van der Waals surface area contributed by atoms with Crippen LogP contribution in [0.4, 0.5) is 0 Å². The monoisotopic (exact) mass is 212 g/mol. The van der Waals surface area contributed by atoms with Crippen LogP contribution in [0, 0.1) is 5.41 Å². The van der Waals surface area contributed by atoms with Gasteiger partial charge in [0.2, 0.25) is 0 Å². The molecule has 88 valence electrons. The molecule has 2 aliphatic rings. The molecule has 0 spiro atoms. The van der Waals surface area contributed by atoms with Crippen LogP contribution in [-0.4, -0.2) is 43.3 Å². The molecule has 0 radical (unpaired) electrons. The molecule has 0 aromatic heterocycles. The first-order valence-corrected chi connectivity index (χ1v) is 6.17. The fourth-order valence-electron chi connectivity index (χ4n) is 2.78. The van der Waals surface area contributed by atoms with Crippen molar-refractivity contribution in [2.45, 2.75) is 45.2 Å². The van der Waals surface area contributed by atoms with Crippen molar-refractivity contribution >= 4 is 0 Å². The molecule has 3 heteroatoms. The Morgan fingerprint density at radius 3 is 2.47 bits per heavy atom. The van der Waals surface area contributed by atoms with Crippen LogP contribution in [0.5, 0.6) is 0 Å². The minimum absolute atomic E-state index is 0.274. The molecule has 15 heavy (non-hydrogen) atoms. The van der Waals surface area contributed by atoms with Crippen LogP contribution in [0.15, 0.2) is 0 Å². The number of rotatable bonds is 1. The third kappa shape index (κ3) is 2.52. The van der Waals surface area contributed by atoms with E-state index in [1.54, 1.807) is 0 Å². The second kappa shape index (κ2) is 4.40. The first kappa shape index (κ1) is 11.4. The average Bonchev–Trinajstić information content (AvgIpc) is 2.23. The largest absolute Gasteiger partial charge is 0.381 e. The number of hydrogen-bond donors (Lipinski definition) is 1. The van der Waals surface area contributed by atoms with Gasteiger partial charge in [-0.15, -0.1) is 0 Å². The fraction of sp³-hybridized carbons (Fsp3) is 1.00. The number of piperidine rings is 1. The maximum Gasteiger partial charge on any atom is 0.0480 e.